The molecule has 1 aromatic carbocycles. The van der Waals surface area contributed by atoms with Crippen LogP contribution in [0.2, 0.25) is 0 Å². The van der Waals surface area contributed by atoms with Gasteiger partial charge < -0.3 is 14.7 Å². The van der Waals surface area contributed by atoms with E-state index in [4.69, 9.17) is 4.74 Å². The van der Waals surface area contributed by atoms with E-state index in [-0.39, 0.29) is 17.4 Å². The monoisotopic (exact) mass is 410 g/mol. The molecule has 2 saturated heterocycles. The summed E-state index contributed by atoms with van der Waals surface area (Å²) in [5.41, 5.74) is 3.92. The van der Waals surface area contributed by atoms with Gasteiger partial charge >= 0.3 is 0 Å². The highest BCUT2D eigenvalue weighted by Crippen LogP contribution is 2.56. The normalized spacial score (nSPS) is 37.8. The minimum atomic E-state index is -0.672. The molecule has 4 nitrogen and oxygen atoms in total. The molecule has 0 radical (unpaired) electrons. The summed E-state index contributed by atoms with van der Waals surface area (Å²) in [4.78, 5) is 5.11. The van der Waals surface area contributed by atoms with Gasteiger partial charge in [-0.25, -0.2) is 0 Å². The van der Waals surface area contributed by atoms with E-state index in [0.717, 1.165) is 52.1 Å². The number of benzene rings is 1. The van der Waals surface area contributed by atoms with E-state index in [9.17, 15) is 5.11 Å². The van der Waals surface area contributed by atoms with E-state index in [0.29, 0.717) is 6.61 Å². The maximum absolute atomic E-state index is 11.8. The van der Waals surface area contributed by atoms with Gasteiger partial charge in [-0.2, -0.15) is 0 Å². The van der Waals surface area contributed by atoms with Gasteiger partial charge in [0.15, 0.2) is 0 Å². The first kappa shape index (κ1) is 20.7. The molecule has 2 unspecified atom stereocenters. The summed E-state index contributed by atoms with van der Waals surface area (Å²) in [6.45, 7) is 11.8. The molecule has 4 atom stereocenters. The maximum Gasteiger partial charge on any atom is 0.108 e. The molecule has 30 heavy (non-hydrogen) atoms. The van der Waals surface area contributed by atoms with Crippen LogP contribution >= 0.6 is 0 Å². The van der Waals surface area contributed by atoms with E-state index in [1.807, 2.05) is 0 Å². The van der Waals surface area contributed by atoms with Crippen molar-refractivity contribution in [3.05, 3.63) is 47.0 Å². The standard InChI is InChI=1S/C26H38N2O2/c1-20-7-6-10-25(2)11-12-26(29)22(19-30-24(26)23(20)25)18-28-15-13-27(14-16-28)17-21-8-4-3-5-9-21/h3-5,8-9,22,24,29H,6-7,10-19H2,1-2H3/t22?,24-,25+,26?/m0/s1. The maximum atomic E-state index is 11.8. The second kappa shape index (κ2) is 8.05. The number of hydrogen-bond donors (Lipinski definition) is 1. The zero-order valence-electron chi connectivity index (χ0n) is 18.8. The summed E-state index contributed by atoms with van der Waals surface area (Å²) in [6, 6.07) is 10.8. The zero-order valence-corrected chi connectivity index (χ0v) is 18.8. The third-order valence-electron chi connectivity index (χ3n) is 8.55. The number of fused-ring (bicyclic) bond motifs is 3. The van der Waals surface area contributed by atoms with E-state index >= 15 is 0 Å². The van der Waals surface area contributed by atoms with Gasteiger partial charge in [0.2, 0.25) is 0 Å². The molecule has 0 spiro atoms. The molecule has 5 rings (SSSR count). The number of rotatable bonds is 4. The number of ether oxygens (including phenoxy) is 1. The van der Waals surface area contributed by atoms with Crippen molar-refractivity contribution in [2.45, 2.75) is 64.2 Å². The van der Waals surface area contributed by atoms with Crippen molar-refractivity contribution in [3.63, 3.8) is 0 Å². The van der Waals surface area contributed by atoms with Crippen molar-refractivity contribution in [1.82, 2.24) is 9.80 Å². The number of hydrogen-bond acceptors (Lipinski definition) is 4. The fraction of sp³-hybridized carbons (Fsp3) is 0.692. The topological polar surface area (TPSA) is 35.9 Å². The van der Waals surface area contributed by atoms with Crippen LogP contribution in [0.4, 0.5) is 0 Å². The second-order valence-electron chi connectivity index (χ2n) is 10.6. The third-order valence-corrected chi connectivity index (χ3v) is 8.55. The molecule has 2 aliphatic heterocycles. The van der Waals surface area contributed by atoms with Crippen molar-refractivity contribution in [1.29, 1.82) is 0 Å². The predicted octanol–water partition coefficient (Wildman–Crippen LogP) is 3.85. The van der Waals surface area contributed by atoms with E-state index < -0.39 is 5.60 Å². The number of allylic oxidation sites excluding steroid dienone is 1. The average molecular weight is 411 g/mol. The molecule has 1 aromatic rings. The van der Waals surface area contributed by atoms with Crippen LogP contribution in [0.3, 0.4) is 0 Å². The molecule has 164 valence electrons. The van der Waals surface area contributed by atoms with Crippen LogP contribution in [-0.4, -0.2) is 65.9 Å². The van der Waals surface area contributed by atoms with Gasteiger partial charge in [-0.1, -0.05) is 42.8 Å². The van der Waals surface area contributed by atoms with Gasteiger partial charge in [0.05, 0.1) is 6.61 Å². The molecule has 4 aliphatic rings. The second-order valence-corrected chi connectivity index (χ2v) is 10.6. The molecular weight excluding hydrogens is 372 g/mol. The summed E-state index contributed by atoms with van der Waals surface area (Å²) in [5.74, 6) is 0.231. The molecular formula is C26H38N2O2. The summed E-state index contributed by atoms with van der Waals surface area (Å²) >= 11 is 0. The highest BCUT2D eigenvalue weighted by atomic mass is 16.5. The van der Waals surface area contributed by atoms with Crippen molar-refractivity contribution in [2.75, 3.05) is 39.3 Å². The van der Waals surface area contributed by atoms with Gasteiger partial charge in [-0.3, -0.25) is 4.90 Å². The molecule has 0 amide bonds. The molecule has 1 saturated carbocycles. The van der Waals surface area contributed by atoms with E-state index in [1.54, 1.807) is 0 Å². The lowest BCUT2D eigenvalue weighted by Crippen LogP contribution is -2.56. The molecule has 2 aliphatic carbocycles. The summed E-state index contributed by atoms with van der Waals surface area (Å²) in [7, 11) is 0. The Morgan fingerprint density at radius 1 is 1.03 bits per heavy atom. The Kier molecular flexibility index (Phi) is 5.55. The highest BCUT2D eigenvalue weighted by molar-refractivity contribution is 5.34. The van der Waals surface area contributed by atoms with Crippen molar-refractivity contribution in [3.8, 4) is 0 Å². The van der Waals surface area contributed by atoms with Gasteiger partial charge in [-0.05, 0) is 55.6 Å². The van der Waals surface area contributed by atoms with Crippen LogP contribution in [0.1, 0.15) is 51.5 Å². The van der Waals surface area contributed by atoms with E-state index in [2.05, 4.69) is 54.0 Å². The van der Waals surface area contributed by atoms with Gasteiger partial charge in [0.25, 0.3) is 0 Å². The fourth-order valence-electron chi connectivity index (χ4n) is 6.68. The third kappa shape index (κ3) is 3.66. The first-order valence-corrected chi connectivity index (χ1v) is 12.0. The van der Waals surface area contributed by atoms with Gasteiger partial charge in [0.1, 0.15) is 11.7 Å². The predicted molar refractivity (Wildman–Crippen MR) is 120 cm³/mol. The summed E-state index contributed by atoms with van der Waals surface area (Å²) in [5, 5.41) is 11.8. The van der Waals surface area contributed by atoms with Crippen LogP contribution in [0.15, 0.2) is 41.5 Å². The molecule has 4 heteroatoms. The van der Waals surface area contributed by atoms with Crippen LogP contribution in [0.5, 0.6) is 0 Å². The summed E-state index contributed by atoms with van der Waals surface area (Å²) in [6.07, 6.45) is 5.65. The first-order chi connectivity index (χ1) is 14.5. The largest absolute Gasteiger partial charge is 0.386 e. The smallest absolute Gasteiger partial charge is 0.108 e. The molecule has 1 N–H and O–H groups in total. The number of aliphatic hydroxyl groups is 1. The SMILES string of the molecule is CC1=C2[C@@H]3OCC(CN4CCN(Cc5ccccc5)CC4)C3(O)CC[C@@]2(C)CCC1. The van der Waals surface area contributed by atoms with Crippen molar-refractivity contribution in [2.24, 2.45) is 11.3 Å². The van der Waals surface area contributed by atoms with Crippen molar-refractivity contribution < 1.29 is 9.84 Å². The number of nitrogens with zero attached hydrogens (tertiary/aromatic N) is 2. The van der Waals surface area contributed by atoms with Gasteiger partial charge in [-0.15, -0.1) is 0 Å². The Labute approximate surface area is 181 Å². The Balaban J connectivity index is 1.21. The summed E-state index contributed by atoms with van der Waals surface area (Å²) < 4.78 is 6.37. The fourth-order valence-corrected chi connectivity index (χ4v) is 6.68. The van der Waals surface area contributed by atoms with Crippen LogP contribution < -0.4 is 0 Å². The quantitative estimate of drug-likeness (QED) is 0.765. The average Bonchev–Trinajstić information content (AvgIpc) is 3.06. The minimum absolute atomic E-state index is 0.0686. The molecule has 0 bridgehead atoms. The van der Waals surface area contributed by atoms with Gasteiger partial charge in [0, 0.05) is 45.2 Å². The van der Waals surface area contributed by atoms with Crippen LogP contribution in [-0.2, 0) is 11.3 Å². The molecule has 0 aromatic heterocycles. The lowest BCUT2D eigenvalue weighted by Gasteiger charge is -2.51. The zero-order chi connectivity index (χ0) is 20.8. The van der Waals surface area contributed by atoms with Crippen LogP contribution in [0.25, 0.3) is 0 Å². The Morgan fingerprint density at radius 3 is 2.53 bits per heavy atom. The Hall–Kier alpha value is -1.20. The first-order valence-electron chi connectivity index (χ1n) is 12.0. The Morgan fingerprint density at radius 2 is 1.77 bits per heavy atom. The lowest BCUT2D eigenvalue weighted by atomic mass is 9.58. The molecule has 2 heterocycles. The lowest BCUT2D eigenvalue weighted by molar-refractivity contribution is -0.0833. The molecule has 3 fully saturated rings. The van der Waals surface area contributed by atoms with Crippen molar-refractivity contribution >= 4 is 0 Å². The minimum Gasteiger partial charge on any atom is -0.386 e. The Bertz CT molecular complexity index is 785. The number of piperazine rings is 1. The highest BCUT2D eigenvalue weighted by Gasteiger charge is 2.58. The van der Waals surface area contributed by atoms with E-state index in [1.165, 1.54) is 36.0 Å². The van der Waals surface area contributed by atoms with Crippen LogP contribution in [0, 0.1) is 11.3 Å².